The highest BCUT2D eigenvalue weighted by molar-refractivity contribution is 5.85. The second-order valence-corrected chi connectivity index (χ2v) is 6.54. The Kier molecular flexibility index (Phi) is 6.50. The molecule has 4 rings (SSSR count). The van der Waals surface area contributed by atoms with Gasteiger partial charge in [-0.3, -0.25) is 4.90 Å². The Morgan fingerprint density at radius 2 is 1.70 bits per heavy atom. The van der Waals surface area contributed by atoms with Crippen LogP contribution in [-0.2, 0) is 6.54 Å². The standard InChI is InChI=1S/C21H24N4O.ClH/c1-26-20-9-7-17(8-10-20)21-18(15-24-13-11-22-12-14-24)16-25(23-21)19-5-3-2-4-6-19;/h2-10,16,22H,11-15H2,1H3;1H. The first-order valence-corrected chi connectivity index (χ1v) is 9.05. The van der Waals surface area contributed by atoms with Crippen molar-refractivity contribution in [1.29, 1.82) is 0 Å². The number of benzene rings is 2. The topological polar surface area (TPSA) is 42.3 Å². The van der Waals surface area contributed by atoms with Crippen molar-refractivity contribution in [3.63, 3.8) is 0 Å². The third kappa shape index (κ3) is 4.50. The summed E-state index contributed by atoms with van der Waals surface area (Å²) >= 11 is 0. The molecule has 3 aromatic rings. The van der Waals surface area contributed by atoms with Crippen molar-refractivity contribution in [2.24, 2.45) is 0 Å². The Labute approximate surface area is 166 Å². The van der Waals surface area contributed by atoms with Crippen molar-refractivity contribution in [2.75, 3.05) is 33.3 Å². The second-order valence-electron chi connectivity index (χ2n) is 6.54. The maximum Gasteiger partial charge on any atom is 0.118 e. The van der Waals surface area contributed by atoms with E-state index in [1.54, 1.807) is 7.11 Å². The van der Waals surface area contributed by atoms with Crippen LogP contribution in [0.4, 0.5) is 0 Å². The fourth-order valence-electron chi connectivity index (χ4n) is 3.34. The summed E-state index contributed by atoms with van der Waals surface area (Å²) < 4.78 is 7.27. The number of nitrogens with zero attached hydrogens (tertiary/aromatic N) is 3. The molecule has 27 heavy (non-hydrogen) atoms. The van der Waals surface area contributed by atoms with Gasteiger partial charge in [-0.25, -0.2) is 4.68 Å². The molecule has 0 aliphatic carbocycles. The molecule has 0 amide bonds. The Hall–Kier alpha value is -2.34. The van der Waals surface area contributed by atoms with Crippen LogP contribution in [0.1, 0.15) is 5.56 Å². The third-order valence-corrected chi connectivity index (χ3v) is 4.78. The summed E-state index contributed by atoms with van der Waals surface area (Å²) in [6.45, 7) is 5.14. The number of para-hydroxylation sites is 1. The van der Waals surface area contributed by atoms with E-state index in [4.69, 9.17) is 9.84 Å². The van der Waals surface area contributed by atoms with Crippen molar-refractivity contribution < 1.29 is 4.74 Å². The molecule has 1 aliphatic rings. The van der Waals surface area contributed by atoms with Gasteiger partial charge in [-0.15, -0.1) is 12.4 Å². The summed E-state index contributed by atoms with van der Waals surface area (Å²) in [5.41, 5.74) is 4.48. The van der Waals surface area contributed by atoms with Gasteiger partial charge in [0, 0.05) is 50.0 Å². The fraction of sp³-hybridized carbons (Fsp3) is 0.286. The van der Waals surface area contributed by atoms with Gasteiger partial charge in [0.05, 0.1) is 18.5 Å². The van der Waals surface area contributed by atoms with Crippen LogP contribution >= 0.6 is 12.4 Å². The van der Waals surface area contributed by atoms with E-state index in [1.165, 1.54) is 5.56 Å². The molecule has 2 aromatic carbocycles. The number of rotatable bonds is 5. The molecule has 1 saturated heterocycles. The van der Waals surface area contributed by atoms with E-state index in [9.17, 15) is 0 Å². The molecule has 1 aliphatic heterocycles. The first-order chi connectivity index (χ1) is 12.8. The molecule has 0 bridgehead atoms. The lowest BCUT2D eigenvalue weighted by atomic mass is 10.1. The summed E-state index contributed by atoms with van der Waals surface area (Å²) in [6, 6.07) is 18.4. The van der Waals surface area contributed by atoms with Gasteiger partial charge in [-0.2, -0.15) is 5.10 Å². The highest BCUT2D eigenvalue weighted by Gasteiger charge is 2.17. The van der Waals surface area contributed by atoms with Gasteiger partial charge < -0.3 is 10.1 Å². The van der Waals surface area contributed by atoms with Crippen molar-refractivity contribution in [3.05, 3.63) is 66.4 Å². The molecule has 2 heterocycles. The van der Waals surface area contributed by atoms with Gasteiger partial charge in [0.25, 0.3) is 0 Å². The molecule has 0 radical (unpaired) electrons. The van der Waals surface area contributed by atoms with E-state index in [0.29, 0.717) is 0 Å². The van der Waals surface area contributed by atoms with Crippen LogP contribution in [0.2, 0.25) is 0 Å². The van der Waals surface area contributed by atoms with Crippen LogP contribution < -0.4 is 10.1 Å². The molecular weight excluding hydrogens is 360 g/mol. The van der Waals surface area contributed by atoms with E-state index in [1.807, 2.05) is 35.0 Å². The van der Waals surface area contributed by atoms with E-state index >= 15 is 0 Å². The summed E-state index contributed by atoms with van der Waals surface area (Å²) in [6.07, 6.45) is 2.16. The van der Waals surface area contributed by atoms with Crippen LogP contribution in [0.25, 0.3) is 16.9 Å². The molecular formula is C21H25ClN4O. The molecule has 1 aromatic heterocycles. The lowest BCUT2D eigenvalue weighted by Crippen LogP contribution is -2.42. The lowest BCUT2D eigenvalue weighted by molar-refractivity contribution is 0.233. The van der Waals surface area contributed by atoms with E-state index in [2.05, 4.69) is 40.7 Å². The number of piperazine rings is 1. The Balaban J connectivity index is 0.00000210. The van der Waals surface area contributed by atoms with E-state index in [-0.39, 0.29) is 12.4 Å². The van der Waals surface area contributed by atoms with Crippen molar-refractivity contribution in [3.8, 4) is 22.7 Å². The number of halogens is 1. The number of hydrogen-bond donors (Lipinski definition) is 1. The van der Waals surface area contributed by atoms with Gasteiger partial charge in [0.15, 0.2) is 0 Å². The fourth-order valence-corrected chi connectivity index (χ4v) is 3.34. The molecule has 0 unspecified atom stereocenters. The first kappa shape index (κ1) is 19.4. The largest absolute Gasteiger partial charge is 0.497 e. The van der Waals surface area contributed by atoms with E-state index in [0.717, 1.165) is 55.4 Å². The van der Waals surface area contributed by atoms with Crippen molar-refractivity contribution in [2.45, 2.75) is 6.54 Å². The van der Waals surface area contributed by atoms with Crippen molar-refractivity contribution >= 4 is 12.4 Å². The normalized spacial score (nSPS) is 14.6. The third-order valence-electron chi connectivity index (χ3n) is 4.78. The van der Waals surface area contributed by atoms with Crippen LogP contribution in [0, 0.1) is 0 Å². The number of aromatic nitrogens is 2. The smallest absolute Gasteiger partial charge is 0.118 e. The molecule has 0 spiro atoms. The average Bonchev–Trinajstić information content (AvgIpc) is 3.13. The average molecular weight is 385 g/mol. The van der Waals surface area contributed by atoms with Gasteiger partial charge in [-0.1, -0.05) is 18.2 Å². The molecule has 1 fully saturated rings. The lowest BCUT2D eigenvalue weighted by Gasteiger charge is -2.27. The zero-order chi connectivity index (χ0) is 17.8. The summed E-state index contributed by atoms with van der Waals surface area (Å²) in [5, 5.41) is 8.32. The zero-order valence-corrected chi connectivity index (χ0v) is 16.3. The first-order valence-electron chi connectivity index (χ1n) is 9.05. The van der Waals surface area contributed by atoms with Gasteiger partial charge in [-0.05, 0) is 36.4 Å². The Morgan fingerprint density at radius 1 is 1.00 bits per heavy atom. The predicted octanol–water partition coefficient (Wildman–Crippen LogP) is 3.37. The quantitative estimate of drug-likeness (QED) is 0.732. The van der Waals surface area contributed by atoms with Gasteiger partial charge in [0.1, 0.15) is 5.75 Å². The monoisotopic (exact) mass is 384 g/mol. The molecule has 142 valence electrons. The highest BCUT2D eigenvalue weighted by atomic mass is 35.5. The minimum Gasteiger partial charge on any atom is -0.497 e. The molecule has 0 atom stereocenters. The minimum atomic E-state index is 0. The Bertz CT molecular complexity index is 842. The van der Waals surface area contributed by atoms with Gasteiger partial charge >= 0.3 is 0 Å². The number of ether oxygens (including phenoxy) is 1. The maximum atomic E-state index is 5.29. The molecule has 6 heteroatoms. The summed E-state index contributed by atoms with van der Waals surface area (Å²) in [5.74, 6) is 0.861. The van der Waals surface area contributed by atoms with E-state index < -0.39 is 0 Å². The highest BCUT2D eigenvalue weighted by Crippen LogP contribution is 2.27. The predicted molar refractivity (Wildman–Crippen MR) is 111 cm³/mol. The van der Waals surface area contributed by atoms with Crippen LogP contribution in [-0.4, -0.2) is 48.0 Å². The number of methoxy groups -OCH3 is 1. The van der Waals surface area contributed by atoms with Crippen LogP contribution in [0.5, 0.6) is 5.75 Å². The minimum absolute atomic E-state index is 0. The second kappa shape index (κ2) is 9.04. The SMILES string of the molecule is COc1ccc(-c2nn(-c3ccccc3)cc2CN2CCNCC2)cc1.Cl. The zero-order valence-electron chi connectivity index (χ0n) is 15.5. The van der Waals surface area contributed by atoms with Gasteiger partial charge in [0.2, 0.25) is 0 Å². The maximum absolute atomic E-state index is 5.29. The van der Waals surface area contributed by atoms with Crippen LogP contribution in [0.15, 0.2) is 60.8 Å². The van der Waals surface area contributed by atoms with Crippen molar-refractivity contribution in [1.82, 2.24) is 20.0 Å². The summed E-state index contributed by atoms with van der Waals surface area (Å²) in [4.78, 5) is 2.48. The Morgan fingerprint density at radius 3 is 2.37 bits per heavy atom. The molecule has 1 N–H and O–H groups in total. The molecule has 0 saturated carbocycles. The summed E-state index contributed by atoms with van der Waals surface area (Å²) in [7, 11) is 1.69. The number of hydrogen-bond acceptors (Lipinski definition) is 4. The number of nitrogens with one attached hydrogen (secondary N) is 1. The molecule has 5 nitrogen and oxygen atoms in total. The van der Waals surface area contributed by atoms with Crippen LogP contribution in [0.3, 0.4) is 0 Å².